The van der Waals surface area contributed by atoms with Crippen LogP contribution in [0.1, 0.15) is 27.7 Å². The molecule has 1 atom stereocenters. The van der Waals surface area contributed by atoms with Crippen LogP contribution in [0.3, 0.4) is 0 Å². The Balaban J connectivity index is 3.01. The predicted molar refractivity (Wildman–Crippen MR) is 82.3 cm³/mol. The monoisotopic (exact) mass is 359 g/mol. The number of hydrogen-bond acceptors (Lipinski definition) is 3. The van der Waals surface area contributed by atoms with Gasteiger partial charge in [-0.25, -0.2) is 4.39 Å². The van der Waals surface area contributed by atoms with Gasteiger partial charge in [0.15, 0.2) is 0 Å². The highest BCUT2D eigenvalue weighted by Gasteiger charge is 2.39. The number of esters is 1. The van der Waals surface area contributed by atoms with Gasteiger partial charge in [-0.1, -0.05) is 36.7 Å². The molecule has 0 radical (unpaired) electrons. The van der Waals surface area contributed by atoms with Crippen molar-refractivity contribution in [1.29, 1.82) is 0 Å². The van der Waals surface area contributed by atoms with E-state index in [4.69, 9.17) is 4.74 Å². The van der Waals surface area contributed by atoms with Crippen molar-refractivity contribution in [2.75, 3.05) is 11.9 Å². The van der Waals surface area contributed by atoms with Crippen LogP contribution in [0.15, 0.2) is 22.7 Å². The smallest absolute Gasteiger partial charge is 0.319 e. The van der Waals surface area contributed by atoms with Crippen LogP contribution in [-0.4, -0.2) is 18.5 Å². The average Bonchev–Trinajstić information content (AvgIpc) is 2.32. The van der Waals surface area contributed by atoms with Crippen LogP contribution in [0.4, 0.5) is 10.1 Å². The molecule has 0 fully saturated rings. The SMILES string of the molecule is CCOC(=O)C(C(=O)Nc1cc(Br)ccc1F)C(C)(C)C. The van der Waals surface area contributed by atoms with E-state index in [1.807, 2.05) is 0 Å². The van der Waals surface area contributed by atoms with Gasteiger partial charge in [-0.15, -0.1) is 0 Å². The number of ether oxygens (including phenoxy) is 1. The standard InChI is InChI=1S/C15H19BrFNO3/c1-5-21-14(20)12(15(2,3)4)13(19)18-11-8-9(16)6-7-10(11)17/h6-8,12H,5H2,1-4H3,(H,18,19). The van der Waals surface area contributed by atoms with Crippen molar-refractivity contribution in [3.63, 3.8) is 0 Å². The molecule has 0 saturated carbocycles. The lowest BCUT2D eigenvalue weighted by Crippen LogP contribution is -2.40. The lowest BCUT2D eigenvalue weighted by molar-refractivity contribution is -0.155. The Kier molecular flexibility index (Phi) is 5.89. The number of benzene rings is 1. The van der Waals surface area contributed by atoms with E-state index in [2.05, 4.69) is 21.2 Å². The minimum Gasteiger partial charge on any atom is -0.465 e. The molecule has 0 bridgehead atoms. The molecule has 0 heterocycles. The maximum Gasteiger partial charge on any atom is 0.319 e. The van der Waals surface area contributed by atoms with Gasteiger partial charge in [0.25, 0.3) is 0 Å². The normalized spacial score (nSPS) is 12.7. The molecular formula is C15H19BrFNO3. The van der Waals surface area contributed by atoms with Crippen molar-refractivity contribution >= 4 is 33.5 Å². The highest BCUT2D eigenvalue weighted by atomic mass is 79.9. The molecule has 1 aromatic carbocycles. The van der Waals surface area contributed by atoms with E-state index in [1.54, 1.807) is 27.7 Å². The maximum absolute atomic E-state index is 13.7. The van der Waals surface area contributed by atoms with E-state index in [0.717, 1.165) is 0 Å². The zero-order valence-electron chi connectivity index (χ0n) is 12.5. The van der Waals surface area contributed by atoms with Crippen molar-refractivity contribution < 1.29 is 18.7 Å². The summed E-state index contributed by atoms with van der Waals surface area (Å²) >= 11 is 3.21. The summed E-state index contributed by atoms with van der Waals surface area (Å²) < 4.78 is 19.3. The highest BCUT2D eigenvalue weighted by molar-refractivity contribution is 9.10. The number of hydrogen-bond donors (Lipinski definition) is 1. The minimum absolute atomic E-state index is 0.0212. The zero-order chi connectivity index (χ0) is 16.2. The van der Waals surface area contributed by atoms with Gasteiger partial charge < -0.3 is 10.1 Å². The van der Waals surface area contributed by atoms with Gasteiger partial charge in [-0.3, -0.25) is 9.59 Å². The van der Waals surface area contributed by atoms with E-state index in [9.17, 15) is 14.0 Å². The molecule has 21 heavy (non-hydrogen) atoms. The molecule has 0 aliphatic carbocycles. The number of halogens is 2. The first-order chi connectivity index (χ1) is 9.66. The number of carbonyl (C=O) groups excluding carboxylic acids is 2. The highest BCUT2D eigenvalue weighted by Crippen LogP contribution is 2.29. The lowest BCUT2D eigenvalue weighted by atomic mass is 9.80. The summed E-state index contributed by atoms with van der Waals surface area (Å²) in [7, 11) is 0. The van der Waals surface area contributed by atoms with Crippen molar-refractivity contribution in [2.24, 2.45) is 11.3 Å². The molecule has 1 N–H and O–H groups in total. The van der Waals surface area contributed by atoms with E-state index < -0.39 is 29.0 Å². The van der Waals surface area contributed by atoms with Gasteiger partial charge in [-0.2, -0.15) is 0 Å². The minimum atomic E-state index is -1.02. The van der Waals surface area contributed by atoms with Crippen molar-refractivity contribution in [3.8, 4) is 0 Å². The lowest BCUT2D eigenvalue weighted by Gasteiger charge is -2.27. The molecule has 1 unspecified atom stereocenters. The Bertz CT molecular complexity index is 540. The average molecular weight is 360 g/mol. The maximum atomic E-state index is 13.7. The summed E-state index contributed by atoms with van der Waals surface area (Å²) in [4.78, 5) is 24.3. The number of rotatable bonds is 4. The summed E-state index contributed by atoms with van der Waals surface area (Å²) in [5.41, 5.74) is -0.619. The fourth-order valence-corrected chi connectivity index (χ4v) is 2.24. The molecule has 0 aromatic heterocycles. The Morgan fingerprint density at radius 3 is 2.52 bits per heavy atom. The third-order valence-corrected chi connectivity index (χ3v) is 3.33. The third kappa shape index (κ3) is 4.81. The Morgan fingerprint density at radius 1 is 1.38 bits per heavy atom. The number of carbonyl (C=O) groups is 2. The summed E-state index contributed by atoms with van der Waals surface area (Å²) in [6.07, 6.45) is 0. The zero-order valence-corrected chi connectivity index (χ0v) is 14.1. The van der Waals surface area contributed by atoms with Crippen LogP contribution in [0.2, 0.25) is 0 Å². The second-order valence-electron chi connectivity index (χ2n) is 5.66. The van der Waals surface area contributed by atoms with E-state index in [1.165, 1.54) is 18.2 Å². The second kappa shape index (κ2) is 7.02. The quantitative estimate of drug-likeness (QED) is 0.657. The Labute approximate surface area is 132 Å². The van der Waals surface area contributed by atoms with Gasteiger partial charge in [0.2, 0.25) is 5.91 Å². The van der Waals surface area contributed by atoms with Crippen LogP contribution in [-0.2, 0) is 14.3 Å². The molecule has 4 nitrogen and oxygen atoms in total. The van der Waals surface area contributed by atoms with Crippen molar-refractivity contribution in [2.45, 2.75) is 27.7 Å². The topological polar surface area (TPSA) is 55.4 Å². The molecule has 1 amide bonds. The van der Waals surface area contributed by atoms with E-state index >= 15 is 0 Å². The summed E-state index contributed by atoms with van der Waals surface area (Å²) in [6.45, 7) is 7.12. The molecule has 116 valence electrons. The van der Waals surface area contributed by atoms with Crippen LogP contribution >= 0.6 is 15.9 Å². The summed E-state index contributed by atoms with van der Waals surface area (Å²) in [5.74, 6) is -2.78. The van der Waals surface area contributed by atoms with Crippen LogP contribution < -0.4 is 5.32 Å². The molecule has 1 aromatic rings. The summed E-state index contributed by atoms with van der Waals surface area (Å²) in [5, 5.41) is 2.45. The fourth-order valence-electron chi connectivity index (χ4n) is 1.88. The Hall–Kier alpha value is -1.43. The van der Waals surface area contributed by atoms with Gasteiger partial charge in [0.1, 0.15) is 11.7 Å². The predicted octanol–water partition coefficient (Wildman–Crippen LogP) is 3.75. The molecular weight excluding hydrogens is 341 g/mol. The second-order valence-corrected chi connectivity index (χ2v) is 6.58. The van der Waals surface area contributed by atoms with Crippen LogP contribution in [0, 0.1) is 17.2 Å². The van der Waals surface area contributed by atoms with E-state index in [0.29, 0.717) is 4.47 Å². The van der Waals surface area contributed by atoms with Gasteiger partial charge in [0, 0.05) is 4.47 Å². The Morgan fingerprint density at radius 2 is 2.00 bits per heavy atom. The fraction of sp³-hybridized carbons (Fsp3) is 0.467. The van der Waals surface area contributed by atoms with Gasteiger partial charge in [-0.05, 0) is 30.5 Å². The molecule has 0 spiro atoms. The first kappa shape index (κ1) is 17.6. The largest absolute Gasteiger partial charge is 0.465 e. The summed E-state index contributed by atoms with van der Waals surface area (Å²) in [6, 6.07) is 4.20. The molecule has 0 aliphatic rings. The van der Waals surface area contributed by atoms with Crippen molar-refractivity contribution in [1.82, 2.24) is 0 Å². The number of anilines is 1. The number of amides is 1. The molecule has 0 saturated heterocycles. The number of nitrogens with one attached hydrogen (secondary N) is 1. The molecule has 0 aliphatic heterocycles. The van der Waals surface area contributed by atoms with Gasteiger partial charge in [0.05, 0.1) is 12.3 Å². The first-order valence-electron chi connectivity index (χ1n) is 6.59. The molecule has 1 rings (SSSR count). The third-order valence-electron chi connectivity index (χ3n) is 2.84. The first-order valence-corrected chi connectivity index (χ1v) is 7.38. The molecule has 6 heteroatoms. The van der Waals surface area contributed by atoms with Crippen LogP contribution in [0.25, 0.3) is 0 Å². The van der Waals surface area contributed by atoms with E-state index in [-0.39, 0.29) is 12.3 Å². The van der Waals surface area contributed by atoms with Crippen molar-refractivity contribution in [3.05, 3.63) is 28.5 Å². The van der Waals surface area contributed by atoms with Crippen LogP contribution in [0.5, 0.6) is 0 Å². The van der Waals surface area contributed by atoms with Gasteiger partial charge >= 0.3 is 5.97 Å².